The summed E-state index contributed by atoms with van der Waals surface area (Å²) in [4.78, 5) is 23.8. The first-order chi connectivity index (χ1) is 13.6. The summed E-state index contributed by atoms with van der Waals surface area (Å²) in [6.45, 7) is 0.138. The number of carbonyl (C=O) groups is 2. The minimum absolute atomic E-state index is 0.331. The van der Waals surface area contributed by atoms with E-state index in [2.05, 4.69) is 4.57 Å². The van der Waals surface area contributed by atoms with E-state index in [9.17, 15) is 9.59 Å². The van der Waals surface area contributed by atoms with Gasteiger partial charge in [-0.15, -0.1) is 0 Å². The molecule has 1 saturated carbocycles. The molecule has 1 aliphatic carbocycles. The number of nitrogens with zero attached hydrogens (tertiary/aromatic N) is 1. The number of benzene rings is 2. The first kappa shape index (κ1) is 18.5. The van der Waals surface area contributed by atoms with E-state index in [0.29, 0.717) is 28.0 Å². The van der Waals surface area contributed by atoms with Crippen LogP contribution in [0, 0.1) is 5.92 Å². The molecule has 28 heavy (non-hydrogen) atoms. The number of ether oxygens (including phenoxy) is 1. The monoisotopic (exact) mass is 380 g/mol. The van der Waals surface area contributed by atoms with Crippen molar-refractivity contribution in [1.82, 2.24) is 4.57 Å². The van der Waals surface area contributed by atoms with Gasteiger partial charge < -0.3 is 20.1 Å². The molecule has 1 heterocycles. The summed E-state index contributed by atoms with van der Waals surface area (Å²) in [6.07, 6.45) is 6.16. The van der Waals surface area contributed by atoms with Gasteiger partial charge in [-0.05, 0) is 43.0 Å². The second-order valence-electron chi connectivity index (χ2n) is 7.46. The Labute approximate surface area is 162 Å². The predicted octanol–water partition coefficient (Wildman–Crippen LogP) is 3.37. The van der Waals surface area contributed by atoms with Gasteiger partial charge in [0.15, 0.2) is 0 Å². The number of nitrogens with two attached hydrogens (primary N) is 1. The van der Waals surface area contributed by atoms with Crippen LogP contribution in [0.25, 0.3) is 21.8 Å². The van der Waals surface area contributed by atoms with E-state index >= 15 is 0 Å². The van der Waals surface area contributed by atoms with Crippen LogP contribution in [-0.2, 0) is 11.3 Å². The Morgan fingerprint density at radius 2 is 1.71 bits per heavy atom. The number of hydrogen-bond acceptors (Lipinski definition) is 4. The van der Waals surface area contributed by atoms with E-state index in [4.69, 9.17) is 15.6 Å². The summed E-state index contributed by atoms with van der Waals surface area (Å²) in [5, 5.41) is 10.5. The molecule has 6 heteroatoms. The van der Waals surface area contributed by atoms with Crippen molar-refractivity contribution in [2.45, 2.75) is 38.6 Å². The van der Waals surface area contributed by atoms with Crippen LogP contribution in [0.5, 0.6) is 5.75 Å². The van der Waals surface area contributed by atoms with Crippen LogP contribution >= 0.6 is 0 Å². The van der Waals surface area contributed by atoms with Crippen LogP contribution in [0.4, 0.5) is 0 Å². The van der Waals surface area contributed by atoms with Gasteiger partial charge in [0.2, 0.25) is 5.91 Å². The van der Waals surface area contributed by atoms with E-state index in [1.165, 1.54) is 32.1 Å². The summed E-state index contributed by atoms with van der Waals surface area (Å²) < 4.78 is 7.58. The highest BCUT2D eigenvalue weighted by atomic mass is 16.5. The van der Waals surface area contributed by atoms with Crippen molar-refractivity contribution >= 4 is 33.7 Å². The Bertz CT molecular complexity index is 1050. The number of aliphatic hydroxyl groups is 1. The molecular weight excluding hydrogens is 356 g/mol. The third kappa shape index (κ3) is 3.24. The van der Waals surface area contributed by atoms with Gasteiger partial charge in [0.05, 0.1) is 16.4 Å². The molecule has 4 rings (SSSR count). The molecular formula is C22H24N2O4. The molecule has 1 aromatic heterocycles. The highest BCUT2D eigenvalue weighted by molar-refractivity contribution is 6.20. The van der Waals surface area contributed by atoms with E-state index in [1.807, 2.05) is 24.3 Å². The fourth-order valence-electron chi connectivity index (χ4n) is 4.42. The molecule has 3 N–H and O–H groups in total. The number of fused-ring (bicyclic) bond motifs is 3. The lowest BCUT2D eigenvalue weighted by Gasteiger charge is -2.23. The fraction of sp³-hybridized carbons (Fsp3) is 0.364. The van der Waals surface area contributed by atoms with Crippen molar-refractivity contribution in [3.05, 3.63) is 42.0 Å². The van der Waals surface area contributed by atoms with Gasteiger partial charge in [0.1, 0.15) is 12.4 Å². The highest BCUT2D eigenvalue weighted by Gasteiger charge is 2.22. The minimum atomic E-state index is -0.739. The number of carbonyl (C=O) groups excluding carboxylic acids is 2. The molecule has 146 valence electrons. The van der Waals surface area contributed by atoms with Crippen molar-refractivity contribution < 1.29 is 19.4 Å². The molecule has 1 fully saturated rings. The lowest BCUT2D eigenvalue weighted by atomic mass is 9.89. The highest BCUT2D eigenvalue weighted by Crippen LogP contribution is 2.39. The molecule has 0 spiro atoms. The minimum Gasteiger partial charge on any atom is -0.424 e. The average molecular weight is 380 g/mol. The van der Waals surface area contributed by atoms with Gasteiger partial charge in [-0.25, -0.2) is 4.79 Å². The number of amides is 1. The quantitative estimate of drug-likeness (QED) is 0.524. The summed E-state index contributed by atoms with van der Waals surface area (Å²) in [5.74, 6) is -0.353. The standard InChI is InChI=1S/C22H24N2O4/c23-22(27)15-8-4-9-16-20(15)21-17(10-5-11-18(21)28-19(26)13-25)24(16)12-14-6-2-1-3-7-14/h4-5,8-11,14,25H,1-3,6-7,12-13H2,(H2,23,27). The maximum absolute atomic E-state index is 12.1. The van der Waals surface area contributed by atoms with Gasteiger partial charge >= 0.3 is 5.97 Å². The van der Waals surface area contributed by atoms with Crippen LogP contribution in [0.15, 0.2) is 36.4 Å². The zero-order valence-electron chi connectivity index (χ0n) is 15.7. The zero-order valence-corrected chi connectivity index (χ0v) is 15.7. The number of hydrogen-bond donors (Lipinski definition) is 2. The molecule has 0 aliphatic heterocycles. The third-order valence-electron chi connectivity index (χ3n) is 5.66. The predicted molar refractivity (Wildman–Crippen MR) is 107 cm³/mol. The molecule has 0 bridgehead atoms. The molecule has 0 saturated heterocycles. The Balaban J connectivity index is 1.97. The molecule has 2 aromatic carbocycles. The van der Waals surface area contributed by atoms with Crippen molar-refractivity contribution in [3.8, 4) is 5.75 Å². The van der Waals surface area contributed by atoms with Crippen molar-refractivity contribution in [2.75, 3.05) is 6.61 Å². The Morgan fingerprint density at radius 1 is 1.04 bits per heavy atom. The van der Waals surface area contributed by atoms with E-state index in [-0.39, 0.29) is 0 Å². The third-order valence-corrected chi connectivity index (χ3v) is 5.66. The first-order valence-electron chi connectivity index (χ1n) is 9.75. The van der Waals surface area contributed by atoms with Crippen molar-refractivity contribution in [2.24, 2.45) is 11.7 Å². The van der Waals surface area contributed by atoms with Gasteiger partial charge in [-0.2, -0.15) is 0 Å². The number of aliphatic hydroxyl groups excluding tert-OH is 1. The summed E-state index contributed by atoms with van der Waals surface area (Å²) >= 11 is 0. The molecule has 6 nitrogen and oxygen atoms in total. The SMILES string of the molecule is NC(=O)c1cccc2c1c1c(OC(=O)CO)cccc1n2CC1CCCCC1. The molecule has 0 atom stereocenters. The van der Waals surface area contributed by atoms with Crippen LogP contribution in [0.3, 0.4) is 0 Å². The van der Waals surface area contributed by atoms with Crippen LogP contribution in [0.1, 0.15) is 42.5 Å². The lowest BCUT2D eigenvalue weighted by molar-refractivity contribution is -0.137. The zero-order chi connectivity index (χ0) is 19.7. The van der Waals surface area contributed by atoms with Gasteiger partial charge in [-0.3, -0.25) is 4.79 Å². The fourth-order valence-corrected chi connectivity index (χ4v) is 4.42. The van der Waals surface area contributed by atoms with E-state index in [0.717, 1.165) is 17.6 Å². The van der Waals surface area contributed by atoms with Crippen LogP contribution in [0.2, 0.25) is 0 Å². The van der Waals surface area contributed by atoms with Crippen molar-refractivity contribution in [1.29, 1.82) is 0 Å². The van der Waals surface area contributed by atoms with Gasteiger partial charge in [0.25, 0.3) is 0 Å². The normalized spacial score (nSPS) is 15.2. The molecule has 1 aliphatic rings. The number of rotatable bonds is 5. The van der Waals surface area contributed by atoms with Crippen molar-refractivity contribution in [3.63, 3.8) is 0 Å². The largest absolute Gasteiger partial charge is 0.424 e. The van der Waals surface area contributed by atoms with Gasteiger partial charge in [0, 0.05) is 17.5 Å². The second-order valence-corrected chi connectivity index (χ2v) is 7.46. The Morgan fingerprint density at radius 3 is 2.39 bits per heavy atom. The van der Waals surface area contributed by atoms with E-state index in [1.54, 1.807) is 12.1 Å². The summed E-state index contributed by atoms with van der Waals surface area (Å²) in [7, 11) is 0. The molecule has 3 aromatic rings. The molecule has 0 radical (unpaired) electrons. The lowest BCUT2D eigenvalue weighted by Crippen LogP contribution is -2.14. The second kappa shape index (κ2) is 7.64. The average Bonchev–Trinajstić information content (AvgIpc) is 3.03. The maximum atomic E-state index is 12.1. The van der Waals surface area contributed by atoms with Crippen LogP contribution in [-0.4, -0.2) is 28.2 Å². The number of esters is 1. The maximum Gasteiger partial charge on any atom is 0.337 e. The molecule has 1 amide bonds. The van der Waals surface area contributed by atoms with Crippen LogP contribution < -0.4 is 10.5 Å². The first-order valence-corrected chi connectivity index (χ1v) is 9.75. The smallest absolute Gasteiger partial charge is 0.337 e. The Kier molecular flexibility index (Phi) is 5.05. The van der Waals surface area contributed by atoms with Gasteiger partial charge in [-0.1, -0.05) is 31.4 Å². The number of primary amides is 1. The van der Waals surface area contributed by atoms with E-state index < -0.39 is 18.5 Å². The summed E-state index contributed by atoms with van der Waals surface area (Å²) in [5.41, 5.74) is 7.85. The summed E-state index contributed by atoms with van der Waals surface area (Å²) in [6, 6.07) is 11.0. The molecule has 0 unspecified atom stereocenters. The Hall–Kier alpha value is -2.86. The topological polar surface area (TPSA) is 94.6 Å². The number of aromatic nitrogens is 1.